The van der Waals surface area contributed by atoms with Gasteiger partial charge in [-0.3, -0.25) is 0 Å². The van der Waals surface area contributed by atoms with Crippen LogP contribution >= 0.6 is 0 Å². The molecule has 0 aliphatic rings. The van der Waals surface area contributed by atoms with Gasteiger partial charge >= 0.3 is 0 Å². The summed E-state index contributed by atoms with van der Waals surface area (Å²) >= 11 is 0. The highest BCUT2D eigenvalue weighted by Crippen LogP contribution is 2.20. The topological polar surface area (TPSA) is 39.6 Å². The van der Waals surface area contributed by atoms with Gasteiger partial charge in [0.15, 0.2) is 0 Å². The van der Waals surface area contributed by atoms with Crippen LogP contribution < -0.4 is 0 Å². The van der Waals surface area contributed by atoms with Gasteiger partial charge in [-0.2, -0.15) is 5.26 Å². The Kier molecular flexibility index (Phi) is 1.85. The fourth-order valence-electron chi connectivity index (χ4n) is 1.31. The first kappa shape index (κ1) is 7.63. The normalized spacial score (nSPS) is 9.46. The number of benzene rings is 1. The van der Waals surface area contributed by atoms with Crippen LogP contribution in [0.4, 0.5) is 0 Å². The van der Waals surface area contributed by atoms with Crippen molar-refractivity contribution in [2.45, 2.75) is 0 Å². The second kappa shape index (κ2) is 3.16. The smallest absolute Gasteiger partial charge is 0.0998 e. The minimum atomic E-state index is 0.699. The lowest BCUT2D eigenvalue weighted by molar-refractivity contribution is 1.39. The zero-order valence-electron chi connectivity index (χ0n) is 6.99. The fourth-order valence-corrected chi connectivity index (χ4v) is 1.31. The number of nitrogens with one attached hydrogen (secondary N) is 1. The van der Waals surface area contributed by atoms with Crippen LogP contribution in [0.3, 0.4) is 0 Å². The van der Waals surface area contributed by atoms with Gasteiger partial charge in [-0.1, -0.05) is 18.2 Å². The molecule has 0 saturated carbocycles. The maximum Gasteiger partial charge on any atom is 0.0998 e. The first-order valence-electron chi connectivity index (χ1n) is 4.04. The van der Waals surface area contributed by atoms with Crippen molar-refractivity contribution in [3.8, 4) is 17.3 Å². The predicted molar refractivity (Wildman–Crippen MR) is 50.9 cm³/mol. The zero-order valence-corrected chi connectivity index (χ0v) is 6.99. The molecule has 0 aliphatic heterocycles. The van der Waals surface area contributed by atoms with Crippen molar-refractivity contribution < 1.29 is 0 Å². The van der Waals surface area contributed by atoms with Crippen molar-refractivity contribution in [1.82, 2.24) is 4.98 Å². The second-order valence-electron chi connectivity index (χ2n) is 2.74. The van der Waals surface area contributed by atoms with Crippen molar-refractivity contribution in [1.29, 1.82) is 5.26 Å². The molecule has 0 atom stereocenters. The second-order valence-corrected chi connectivity index (χ2v) is 2.74. The molecule has 1 heterocycles. The van der Waals surface area contributed by atoms with Gasteiger partial charge in [0.05, 0.1) is 11.6 Å². The van der Waals surface area contributed by atoms with Gasteiger partial charge in [-0.05, 0) is 18.2 Å². The van der Waals surface area contributed by atoms with E-state index in [9.17, 15) is 0 Å². The van der Waals surface area contributed by atoms with Crippen LogP contribution in [0.1, 0.15) is 5.56 Å². The minimum Gasteiger partial charge on any atom is -0.361 e. The summed E-state index contributed by atoms with van der Waals surface area (Å²) in [6.45, 7) is 0. The molecule has 0 aliphatic carbocycles. The molecular weight excluding hydrogens is 160 g/mol. The molecule has 2 rings (SSSR count). The van der Waals surface area contributed by atoms with Crippen LogP contribution in [0.15, 0.2) is 42.6 Å². The molecule has 0 bridgehead atoms. The Bertz CT molecular complexity index is 435. The van der Waals surface area contributed by atoms with Gasteiger partial charge in [0, 0.05) is 17.5 Å². The number of aromatic nitrogens is 1. The first-order chi connectivity index (χ1) is 6.42. The molecule has 0 unspecified atom stereocenters. The molecule has 0 spiro atoms. The maximum absolute atomic E-state index is 8.85. The number of nitriles is 1. The van der Waals surface area contributed by atoms with Crippen LogP contribution in [0.25, 0.3) is 11.3 Å². The van der Waals surface area contributed by atoms with Gasteiger partial charge < -0.3 is 4.98 Å². The summed E-state index contributed by atoms with van der Waals surface area (Å²) in [4.78, 5) is 3.08. The highest BCUT2D eigenvalue weighted by Gasteiger charge is 2.02. The van der Waals surface area contributed by atoms with Crippen LogP contribution in [0, 0.1) is 11.3 Å². The summed E-state index contributed by atoms with van der Waals surface area (Å²) in [6.07, 6.45) is 1.85. The third-order valence-electron chi connectivity index (χ3n) is 1.94. The lowest BCUT2D eigenvalue weighted by Gasteiger charge is -1.99. The number of H-pyrrole nitrogens is 1. The van der Waals surface area contributed by atoms with Crippen LogP contribution in [0.5, 0.6) is 0 Å². The largest absolute Gasteiger partial charge is 0.361 e. The molecule has 0 amide bonds. The van der Waals surface area contributed by atoms with E-state index in [4.69, 9.17) is 5.26 Å². The van der Waals surface area contributed by atoms with E-state index in [1.807, 2.05) is 42.6 Å². The summed E-state index contributed by atoms with van der Waals surface area (Å²) < 4.78 is 0. The summed E-state index contributed by atoms with van der Waals surface area (Å²) in [5.41, 5.74) is 2.64. The number of hydrogen-bond donors (Lipinski definition) is 1. The van der Waals surface area contributed by atoms with Crippen molar-refractivity contribution in [2.24, 2.45) is 0 Å². The third kappa shape index (κ3) is 1.32. The molecule has 0 fully saturated rings. The molecule has 2 aromatic rings. The lowest BCUT2D eigenvalue weighted by Crippen LogP contribution is -1.82. The Morgan fingerprint density at radius 3 is 2.62 bits per heavy atom. The van der Waals surface area contributed by atoms with Crippen molar-refractivity contribution in [3.63, 3.8) is 0 Å². The van der Waals surface area contributed by atoms with Crippen LogP contribution in [-0.2, 0) is 0 Å². The van der Waals surface area contributed by atoms with Crippen molar-refractivity contribution in [3.05, 3.63) is 48.2 Å². The highest BCUT2D eigenvalue weighted by atomic mass is 14.7. The molecule has 13 heavy (non-hydrogen) atoms. The van der Waals surface area contributed by atoms with Gasteiger partial charge in [-0.15, -0.1) is 0 Å². The molecule has 2 nitrogen and oxygen atoms in total. The Labute approximate surface area is 76.5 Å². The fraction of sp³-hybridized carbons (Fsp3) is 0. The highest BCUT2D eigenvalue weighted by molar-refractivity contribution is 5.67. The van der Waals surface area contributed by atoms with Gasteiger partial charge in [-0.25, -0.2) is 0 Å². The van der Waals surface area contributed by atoms with E-state index in [0.29, 0.717) is 5.56 Å². The van der Waals surface area contributed by atoms with E-state index in [2.05, 4.69) is 11.1 Å². The Morgan fingerprint density at radius 1 is 1.08 bits per heavy atom. The Hall–Kier alpha value is -2.01. The lowest BCUT2D eigenvalue weighted by atomic mass is 10.1. The maximum atomic E-state index is 8.85. The van der Waals surface area contributed by atoms with E-state index in [1.54, 1.807) is 0 Å². The predicted octanol–water partition coefficient (Wildman–Crippen LogP) is 2.55. The van der Waals surface area contributed by atoms with E-state index >= 15 is 0 Å². The number of rotatable bonds is 1. The molecule has 1 aromatic carbocycles. The van der Waals surface area contributed by atoms with Gasteiger partial charge in [0.2, 0.25) is 0 Å². The van der Waals surface area contributed by atoms with Gasteiger partial charge in [0.25, 0.3) is 0 Å². The molecule has 0 radical (unpaired) electrons. The molecule has 2 heteroatoms. The minimum absolute atomic E-state index is 0.699. The summed E-state index contributed by atoms with van der Waals surface area (Å²) in [5, 5.41) is 8.85. The van der Waals surface area contributed by atoms with E-state index in [1.165, 1.54) is 0 Å². The van der Waals surface area contributed by atoms with Crippen LogP contribution in [-0.4, -0.2) is 4.98 Å². The number of nitrogens with zero attached hydrogens (tertiary/aromatic N) is 1. The number of hydrogen-bond acceptors (Lipinski definition) is 1. The molecule has 0 saturated heterocycles. The Balaban J connectivity index is 2.59. The zero-order chi connectivity index (χ0) is 9.10. The van der Waals surface area contributed by atoms with Gasteiger partial charge in [0.1, 0.15) is 0 Å². The van der Waals surface area contributed by atoms with E-state index in [-0.39, 0.29) is 0 Å². The molecule has 1 aromatic heterocycles. The third-order valence-corrected chi connectivity index (χ3v) is 1.94. The first-order valence-corrected chi connectivity index (χ1v) is 4.04. The summed E-state index contributed by atoms with van der Waals surface area (Å²) in [7, 11) is 0. The van der Waals surface area contributed by atoms with Crippen LogP contribution in [0.2, 0.25) is 0 Å². The van der Waals surface area contributed by atoms with E-state index < -0.39 is 0 Å². The Morgan fingerprint density at radius 2 is 1.92 bits per heavy atom. The quantitative estimate of drug-likeness (QED) is 0.698. The van der Waals surface area contributed by atoms with Crippen molar-refractivity contribution >= 4 is 0 Å². The standard InChI is InChI=1S/C11H8N2/c12-8-9-4-1-2-5-10(9)11-6-3-7-13-11/h1-7,13H. The molecular formula is C11H8N2. The monoisotopic (exact) mass is 168 g/mol. The van der Waals surface area contributed by atoms with E-state index in [0.717, 1.165) is 11.3 Å². The number of aromatic amines is 1. The average Bonchev–Trinajstić information content (AvgIpc) is 2.70. The summed E-state index contributed by atoms with van der Waals surface area (Å²) in [6, 6.07) is 13.6. The SMILES string of the molecule is N#Cc1ccccc1-c1ccc[nH]1. The molecule has 62 valence electrons. The van der Waals surface area contributed by atoms with Crippen molar-refractivity contribution in [2.75, 3.05) is 0 Å². The molecule has 1 N–H and O–H groups in total. The average molecular weight is 168 g/mol. The summed E-state index contributed by atoms with van der Waals surface area (Å²) in [5.74, 6) is 0.